The van der Waals surface area contributed by atoms with E-state index in [2.05, 4.69) is 17.9 Å². The first-order valence-corrected chi connectivity index (χ1v) is 7.48. The number of allylic oxidation sites excluding steroid dienone is 1. The van der Waals surface area contributed by atoms with Crippen molar-refractivity contribution in [2.24, 2.45) is 0 Å². The molecule has 2 aromatic carbocycles. The molecule has 2 heteroatoms. The highest BCUT2D eigenvalue weighted by atomic mass is 32.2. The molecule has 0 aliphatic carbocycles. The van der Waals surface area contributed by atoms with Gasteiger partial charge in [-0.1, -0.05) is 48.5 Å². The van der Waals surface area contributed by atoms with Gasteiger partial charge in [0.05, 0.1) is 10.8 Å². The molecule has 0 bridgehead atoms. The van der Waals surface area contributed by atoms with E-state index < -0.39 is 10.8 Å². The predicted molar refractivity (Wildman–Crippen MR) is 80.3 cm³/mol. The van der Waals surface area contributed by atoms with Gasteiger partial charge in [0.25, 0.3) is 0 Å². The van der Waals surface area contributed by atoms with Crippen molar-refractivity contribution >= 4 is 10.8 Å². The standard InChI is InChI=1S/C17H16OS/c18-19(17-13-7-2-8-14-17)15-9-3-6-12-16-10-4-1-5-11-16/h1-5,7-8,10-11,13-15H,6,12H2. The van der Waals surface area contributed by atoms with E-state index in [0.717, 1.165) is 17.7 Å². The lowest BCUT2D eigenvalue weighted by Crippen LogP contribution is -1.84. The summed E-state index contributed by atoms with van der Waals surface area (Å²) in [7, 11) is -1.10. The van der Waals surface area contributed by atoms with Crippen LogP contribution in [0, 0.1) is 0 Å². The Morgan fingerprint density at radius 1 is 0.947 bits per heavy atom. The molecule has 0 heterocycles. The molecular formula is C17H16OS. The highest BCUT2D eigenvalue weighted by Gasteiger charge is 1.95. The fourth-order valence-electron chi connectivity index (χ4n) is 1.70. The van der Waals surface area contributed by atoms with Crippen LogP contribution in [0.3, 0.4) is 0 Å². The second kappa shape index (κ2) is 7.52. The van der Waals surface area contributed by atoms with Gasteiger partial charge < -0.3 is 0 Å². The first-order chi connectivity index (χ1) is 9.36. The Morgan fingerprint density at radius 3 is 2.26 bits per heavy atom. The molecule has 0 fully saturated rings. The molecular weight excluding hydrogens is 252 g/mol. The number of hydrogen-bond acceptors (Lipinski definition) is 1. The van der Waals surface area contributed by atoms with E-state index in [4.69, 9.17) is 0 Å². The van der Waals surface area contributed by atoms with Crippen LogP contribution < -0.4 is 0 Å². The molecule has 0 saturated carbocycles. The van der Waals surface area contributed by atoms with Crippen molar-refractivity contribution in [2.75, 3.05) is 0 Å². The van der Waals surface area contributed by atoms with E-state index in [1.165, 1.54) is 5.56 Å². The van der Waals surface area contributed by atoms with Gasteiger partial charge in [-0.25, -0.2) is 4.21 Å². The Kier molecular flexibility index (Phi) is 5.36. The zero-order valence-corrected chi connectivity index (χ0v) is 11.5. The number of hydrogen-bond donors (Lipinski definition) is 0. The van der Waals surface area contributed by atoms with Gasteiger partial charge in [-0.15, -0.1) is 5.73 Å². The van der Waals surface area contributed by atoms with Gasteiger partial charge in [0.1, 0.15) is 0 Å². The average molecular weight is 268 g/mol. The number of aryl methyl sites for hydroxylation is 1. The van der Waals surface area contributed by atoms with Crippen LogP contribution in [0.4, 0.5) is 0 Å². The summed E-state index contributed by atoms with van der Waals surface area (Å²) in [5.74, 6) is 0. The summed E-state index contributed by atoms with van der Waals surface area (Å²) in [5, 5.41) is 1.61. The molecule has 1 nitrogen and oxygen atoms in total. The predicted octanol–water partition coefficient (Wildman–Crippen LogP) is 4.10. The average Bonchev–Trinajstić information content (AvgIpc) is 2.49. The summed E-state index contributed by atoms with van der Waals surface area (Å²) in [6.45, 7) is 0. The molecule has 1 atom stereocenters. The van der Waals surface area contributed by atoms with Gasteiger partial charge in [-0.2, -0.15) is 0 Å². The zero-order valence-electron chi connectivity index (χ0n) is 10.7. The third-order valence-corrected chi connectivity index (χ3v) is 3.78. The normalized spacial score (nSPS) is 11.4. The maximum Gasteiger partial charge on any atom is 0.0854 e. The van der Waals surface area contributed by atoms with Gasteiger partial charge in [0, 0.05) is 10.3 Å². The maximum absolute atomic E-state index is 11.9. The highest BCUT2D eigenvalue weighted by molar-refractivity contribution is 7.88. The van der Waals surface area contributed by atoms with Gasteiger partial charge >= 0.3 is 0 Å². The van der Waals surface area contributed by atoms with Crippen molar-refractivity contribution in [3.8, 4) is 0 Å². The van der Waals surface area contributed by atoms with Crippen molar-refractivity contribution in [1.82, 2.24) is 0 Å². The molecule has 0 radical (unpaired) electrons. The lowest BCUT2D eigenvalue weighted by Gasteiger charge is -1.95. The van der Waals surface area contributed by atoms with E-state index >= 15 is 0 Å². The number of benzene rings is 2. The van der Waals surface area contributed by atoms with Crippen LogP contribution in [-0.2, 0) is 17.2 Å². The molecule has 0 N–H and O–H groups in total. The SMILES string of the molecule is O=S(C=C=CCCc1ccccc1)c1ccccc1. The largest absolute Gasteiger partial charge is 0.249 e. The Morgan fingerprint density at radius 2 is 1.58 bits per heavy atom. The first-order valence-electron chi connectivity index (χ1n) is 6.27. The molecule has 2 aromatic rings. The van der Waals surface area contributed by atoms with Crippen molar-refractivity contribution in [3.05, 3.63) is 83.4 Å². The third-order valence-electron chi connectivity index (χ3n) is 2.69. The first kappa shape index (κ1) is 13.5. The molecule has 0 spiro atoms. The lowest BCUT2D eigenvalue weighted by atomic mass is 10.1. The molecule has 0 aromatic heterocycles. The van der Waals surface area contributed by atoms with Gasteiger partial charge in [-0.3, -0.25) is 0 Å². The Bertz CT molecular complexity index is 581. The fourth-order valence-corrected chi connectivity index (χ4v) is 2.48. The monoisotopic (exact) mass is 268 g/mol. The summed E-state index contributed by atoms with van der Waals surface area (Å²) < 4.78 is 11.9. The van der Waals surface area contributed by atoms with Gasteiger partial charge in [0.15, 0.2) is 0 Å². The van der Waals surface area contributed by atoms with Crippen LogP contribution in [0.25, 0.3) is 0 Å². The molecule has 96 valence electrons. The minimum atomic E-state index is -1.10. The van der Waals surface area contributed by atoms with Crippen LogP contribution >= 0.6 is 0 Å². The summed E-state index contributed by atoms with van der Waals surface area (Å²) in [4.78, 5) is 0.812. The molecule has 0 saturated heterocycles. The van der Waals surface area contributed by atoms with Gasteiger partial charge in [0.2, 0.25) is 0 Å². The molecule has 19 heavy (non-hydrogen) atoms. The molecule has 2 rings (SSSR count). The Labute approximate surface area is 116 Å². The summed E-state index contributed by atoms with van der Waals surface area (Å²) in [6, 6.07) is 19.7. The fraction of sp³-hybridized carbons (Fsp3) is 0.118. The second-order valence-corrected chi connectivity index (χ2v) is 5.43. The summed E-state index contributed by atoms with van der Waals surface area (Å²) in [5.41, 5.74) is 4.31. The summed E-state index contributed by atoms with van der Waals surface area (Å²) in [6.07, 6.45) is 3.83. The van der Waals surface area contributed by atoms with Crippen molar-refractivity contribution in [2.45, 2.75) is 17.7 Å². The van der Waals surface area contributed by atoms with E-state index in [0.29, 0.717) is 0 Å². The minimum absolute atomic E-state index is 0.812. The highest BCUT2D eigenvalue weighted by Crippen LogP contribution is 2.06. The van der Waals surface area contributed by atoms with Crippen LogP contribution in [0.1, 0.15) is 12.0 Å². The van der Waals surface area contributed by atoms with Crippen molar-refractivity contribution < 1.29 is 4.21 Å². The lowest BCUT2D eigenvalue weighted by molar-refractivity contribution is 0.688. The minimum Gasteiger partial charge on any atom is -0.249 e. The molecule has 0 aliphatic heterocycles. The Balaban J connectivity index is 1.86. The molecule has 1 unspecified atom stereocenters. The zero-order chi connectivity index (χ0) is 13.3. The smallest absolute Gasteiger partial charge is 0.0854 e. The van der Waals surface area contributed by atoms with E-state index in [1.807, 2.05) is 54.6 Å². The van der Waals surface area contributed by atoms with E-state index in [9.17, 15) is 4.21 Å². The van der Waals surface area contributed by atoms with E-state index in [1.54, 1.807) is 5.41 Å². The molecule has 0 aliphatic rings. The van der Waals surface area contributed by atoms with Crippen molar-refractivity contribution in [1.29, 1.82) is 0 Å². The third kappa shape index (κ3) is 4.70. The van der Waals surface area contributed by atoms with Crippen LogP contribution in [-0.4, -0.2) is 4.21 Å². The van der Waals surface area contributed by atoms with Crippen LogP contribution in [0.2, 0.25) is 0 Å². The van der Waals surface area contributed by atoms with Gasteiger partial charge in [-0.05, 0) is 36.6 Å². The van der Waals surface area contributed by atoms with Crippen molar-refractivity contribution in [3.63, 3.8) is 0 Å². The quantitative estimate of drug-likeness (QED) is 0.746. The maximum atomic E-state index is 11.9. The van der Waals surface area contributed by atoms with Crippen LogP contribution in [0.5, 0.6) is 0 Å². The molecule has 0 amide bonds. The van der Waals surface area contributed by atoms with E-state index in [-0.39, 0.29) is 0 Å². The van der Waals surface area contributed by atoms with Crippen LogP contribution in [0.15, 0.2) is 82.8 Å². The second-order valence-electron chi connectivity index (χ2n) is 4.12. The number of rotatable bonds is 5. The topological polar surface area (TPSA) is 17.1 Å². The Hall–Kier alpha value is -1.89. The summed E-state index contributed by atoms with van der Waals surface area (Å²) >= 11 is 0.